The van der Waals surface area contributed by atoms with Crippen molar-refractivity contribution in [1.82, 2.24) is 5.32 Å². The third-order valence-corrected chi connectivity index (χ3v) is 5.07. The Hall–Kier alpha value is -2.80. The molecular weight excluding hydrogens is 362 g/mol. The lowest BCUT2D eigenvalue weighted by molar-refractivity contribution is 0.322. The summed E-state index contributed by atoms with van der Waals surface area (Å²) >= 11 is 0. The summed E-state index contributed by atoms with van der Waals surface area (Å²) < 4.78 is 27.1. The number of phenols is 1. The molecule has 7 nitrogen and oxygen atoms in total. The van der Waals surface area contributed by atoms with Crippen molar-refractivity contribution in [3.05, 3.63) is 34.9 Å². The number of hydrogen-bond donors (Lipinski definition) is 2. The van der Waals surface area contributed by atoms with E-state index in [1.165, 1.54) is 7.11 Å². The van der Waals surface area contributed by atoms with Gasteiger partial charge < -0.3 is 34.1 Å². The number of rotatable bonds is 7. The third-order valence-electron chi connectivity index (χ3n) is 5.07. The lowest BCUT2D eigenvalue weighted by Gasteiger charge is -2.29. The molecule has 2 N–H and O–H groups in total. The van der Waals surface area contributed by atoms with Crippen LogP contribution in [0, 0.1) is 0 Å². The van der Waals surface area contributed by atoms with E-state index in [0.717, 1.165) is 29.7 Å². The van der Waals surface area contributed by atoms with Gasteiger partial charge in [0, 0.05) is 11.6 Å². The Morgan fingerprint density at radius 1 is 0.857 bits per heavy atom. The molecule has 1 atom stereocenters. The van der Waals surface area contributed by atoms with Crippen LogP contribution in [0.4, 0.5) is 0 Å². The van der Waals surface area contributed by atoms with Crippen molar-refractivity contribution in [2.45, 2.75) is 18.9 Å². The number of fused-ring (bicyclic) bond motifs is 1. The minimum atomic E-state index is -0.0913. The highest BCUT2D eigenvalue weighted by atomic mass is 16.5. The zero-order chi connectivity index (χ0) is 20.3. The number of aromatic hydroxyl groups is 1. The lowest BCUT2D eigenvalue weighted by atomic mass is 9.88. The van der Waals surface area contributed by atoms with Gasteiger partial charge in [-0.3, -0.25) is 0 Å². The summed E-state index contributed by atoms with van der Waals surface area (Å²) in [6, 6.07) is 5.70. The highest BCUT2D eigenvalue weighted by molar-refractivity contribution is 5.60. The fourth-order valence-corrected chi connectivity index (χ4v) is 3.78. The van der Waals surface area contributed by atoms with Gasteiger partial charge in [-0.05, 0) is 48.7 Å². The first kappa shape index (κ1) is 19.9. The van der Waals surface area contributed by atoms with Gasteiger partial charge in [-0.15, -0.1) is 0 Å². The van der Waals surface area contributed by atoms with Gasteiger partial charge in [-0.25, -0.2) is 0 Å². The van der Waals surface area contributed by atoms with Crippen LogP contribution in [0.15, 0.2) is 18.2 Å². The van der Waals surface area contributed by atoms with Crippen molar-refractivity contribution < 1.29 is 28.8 Å². The number of nitrogens with one attached hydrogen (secondary N) is 1. The number of phenolic OH excluding ortho intramolecular Hbond substituents is 1. The average Bonchev–Trinajstić information content (AvgIpc) is 2.72. The molecule has 0 spiro atoms. The highest BCUT2D eigenvalue weighted by Gasteiger charge is 2.28. The van der Waals surface area contributed by atoms with Crippen LogP contribution in [0.3, 0.4) is 0 Å². The normalized spacial score (nSPS) is 15.5. The van der Waals surface area contributed by atoms with Gasteiger partial charge in [0.05, 0.1) is 35.5 Å². The predicted octanol–water partition coefficient (Wildman–Crippen LogP) is 2.86. The van der Waals surface area contributed by atoms with Gasteiger partial charge in [0.25, 0.3) is 0 Å². The Bertz CT molecular complexity index is 826. The molecule has 1 aliphatic heterocycles. The van der Waals surface area contributed by atoms with Crippen molar-refractivity contribution >= 4 is 0 Å². The first-order valence-corrected chi connectivity index (χ1v) is 9.06. The van der Waals surface area contributed by atoms with Crippen LogP contribution in [0.2, 0.25) is 0 Å². The molecule has 1 unspecified atom stereocenters. The molecule has 2 aromatic carbocycles. The van der Waals surface area contributed by atoms with Crippen molar-refractivity contribution in [3.8, 4) is 34.5 Å². The van der Waals surface area contributed by atoms with Gasteiger partial charge in [-0.2, -0.15) is 0 Å². The van der Waals surface area contributed by atoms with Crippen LogP contribution in [-0.4, -0.2) is 47.2 Å². The van der Waals surface area contributed by atoms with Crippen LogP contribution in [0.25, 0.3) is 0 Å². The van der Waals surface area contributed by atoms with Gasteiger partial charge in [0.2, 0.25) is 11.5 Å². The first-order valence-electron chi connectivity index (χ1n) is 9.06. The minimum Gasteiger partial charge on any atom is -0.504 e. The summed E-state index contributed by atoms with van der Waals surface area (Å²) in [7, 11) is 7.86. The van der Waals surface area contributed by atoms with E-state index in [2.05, 4.69) is 5.32 Å². The molecule has 0 aliphatic carbocycles. The van der Waals surface area contributed by atoms with E-state index in [1.54, 1.807) is 28.4 Å². The van der Waals surface area contributed by atoms with Gasteiger partial charge in [0.15, 0.2) is 23.0 Å². The molecule has 3 rings (SSSR count). The number of methoxy groups -OCH3 is 5. The minimum absolute atomic E-state index is 0.0913. The summed E-state index contributed by atoms with van der Waals surface area (Å²) in [6.45, 7) is 0.803. The van der Waals surface area contributed by atoms with Crippen molar-refractivity contribution in [1.29, 1.82) is 0 Å². The van der Waals surface area contributed by atoms with E-state index in [1.807, 2.05) is 18.2 Å². The van der Waals surface area contributed by atoms with Crippen LogP contribution in [0.5, 0.6) is 34.5 Å². The monoisotopic (exact) mass is 389 g/mol. The van der Waals surface area contributed by atoms with Crippen molar-refractivity contribution in [2.24, 2.45) is 0 Å². The SMILES string of the molecule is COc1cc(CC2NCCc3cc(OC)c(OC)c(O)c32)cc(OC)c1OC. The molecule has 0 bridgehead atoms. The topological polar surface area (TPSA) is 78.4 Å². The Labute approximate surface area is 165 Å². The molecule has 0 saturated heterocycles. The molecular formula is C21H27NO6. The second kappa shape index (κ2) is 8.48. The van der Waals surface area contributed by atoms with Crippen LogP contribution < -0.4 is 29.0 Å². The number of ether oxygens (including phenoxy) is 5. The maximum atomic E-state index is 10.9. The second-order valence-electron chi connectivity index (χ2n) is 6.53. The summed E-state index contributed by atoms with van der Waals surface area (Å²) in [5, 5.41) is 14.4. The molecule has 1 heterocycles. The maximum Gasteiger partial charge on any atom is 0.203 e. The quantitative estimate of drug-likeness (QED) is 0.754. The maximum absolute atomic E-state index is 10.9. The van der Waals surface area contributed by atoms with Gasteiger partial charge in [-0.1, -0.05) is 0 Å². The third kappa shape index (κ3) is 3.49. The molecule has 1 aliphatic rings. The molecule has 0 amide bonds. The molecule has 28 heavy (non-hydrogen) atoms. The summed E-state index contributed by atoms with van der Waals surface area (Å²) in [5.74, 6) is 2.75. The number of benzene rings is 2. The zero-order valence-electron chi connectivity index (χ0n) is 16.9. The molecule has 0 fully saturated rings. The Morgan fingerprint density at radius 2 is 1.43 bits per heavy atom. The molecule has 0 radical (unpaired) electrons. The summed E-state index contributed by atoms with van der Waals surface area (Å²) in [6.07, 6.45) is 1.43. The lowest BCUT2D eigenvalue weighted by Crippen LogP contribution is -2.31. The molecule has 0 aromatic heterocycles. The van der Waals surface area contributed by atoms with E-state index in [4.69, 9.17) is 23.7 Å². The van der Waals surface area contributed by atoms with Crippen molar-refractivity contribution in [3.63, 3.8) is 0 Å². The van der Waals surface area contributed by atoms with E-state index in [9.17, 15) is 5.11 Å². The average molecular weight is 389 g/mol. The van der Waals surface area contributed by atoms with E-state index >= 15 is 0 Å². The van der Waals surface area contributed by atoms with E-state index in [-0.39, 0.29) is 11.8 Å². The largest absolute Gasteiger partial charge is 0.504 e. The summed E-state index contributed by atoms with van der Waals surface area (Å²) in [5.41, 5.74) is 2.87. The van der Waals surface area contributed by atoms with E-state index < -0.39 is 0 Å². The predicted molar refractivity (Wildman–Crippen MR) is 105 cm³/mol. The Morgan fingerprint density at radius 3 is 1.96 bits per heavy atom. The van der Waals surface area contributed by atoms with Gasteiger partial charge in [0.1, 0.15) is 0 Å². The highest BCUT2D eigenvalue weighted by Crippen LogP contribution is 2.46. The Balaban J connectivity index is 2.02. The summed E-state index contributed by atoms with van der Waals surface area (Å²) in [4.78, 5) is 0. The number of hydrogen-bond acceptors (Lipinski definition) is 7. The second-order valence-corrected chi connectivity index (χ2v) is 6.53. The fourth-order valence-electron chi connectivity index (χ4n) is 3.78. The zero-order valence-corrected chi connectivity index (χ0v) is 16.9. The molecule has 0 saturated carbocycles. The van der Waals surface area contributed by atoms with Crippen LogP contribution in [0.1, 0.15) is 22.7 Å². The van der Waals surface area contributed by atoms with Crippen molar-refractivity contribution in [2.75, 3.05) is 42.1 Å². The molecule has 152 valence electrons. The van der Waals surface area contributed by atoms with Crippen LogP contribution >= 0.6 is 0 Å². The smallest absolute Gasteiger partial charge is 0.203 e. The first-order chi connectivity index (χ1) is 13.6. The molecule has 2 aromatic rings. The Kier molecular flexibility index (Phi) is 6.04. The standard InChI is InChI=1S/C21H27NO6/c1-24-15-9-12(10-16(25-2)20(15)27-4)8-14-18-13(6-7-22-14)11-17(26-3)21(28-5)19(18)23/h9-11,14,22-23H,6-8H2,1-5H3. The van der Waals surface area contributed by atoms with Crippen LogP contribution in [-0.2, 0) is 12.8 Å². The molecule has 7 heteroatoms. The van der Waals surface area contributed by atoms with Gasteiger partial charge >= 0.3 is 0 Å². The van der Waals surface area contributed by atoms with E-state index in [0.29, 0.717) is 35.2 Å². The fraction of sp³-hybridized carbons (Fsp3) is 0.429.